The molecule has 3 nitrogen and oxygen atoms in total. The highest BCUT2D eigenvalue weighted by molar-refractivity contribution is 5.63. The van der Waals surface area contributed by atoms with E-state index in [1.54, 1.807) is 0 Å². The monoisotopic (exact) mass is 322 g/mol. The Bertz CT molecular complexity index is 662. The maximum absolute atomic E-state index is 8.89. The fraction of sp³-hybridized carbons (Fsp3) is 0.238. The SMILES string of the molecule is C=C(CC(CC)C(=C)NCc1ccc(-c2ccccc2)cc1)NO. The molecule has 3 N–H and O–H groups in total. The zero-order chi connectivity index (χ0) is 17.4. The first-order valence-corrected chi connectivity index (χ1v) is 8.29. The zero-order valence-corrected chi connectivity index (χ0v) is 14.3. The summed E-state index contributed by atoms with van der Waals surface area (Å²) in [5, 5.41) is 12.3. The third-order valence-electron chi connectivity index (χ3n) is 4.22. The fourth-order valence-electron chi connectivity index (χ4n) is 2.66. The van der Waals surface area contributed by atoms with Crippen LogP contribution in [-0.4, -0.2) is 5.21 Å². The molecule has 1 atom stereocenters. The van der Waals surface area contributed by atoms with E-state index in [2.05, 4.69) is 79.4 Å². The Morgan fingerprint density at radius 3 is 2.21 bits per heavy atom. The van der Waals surface area contributed by atoms with Crippen LogP contribution in [0.5, 0.6) is 0 Å². The topological polar surface area (TPSA) is 44.3 Å². The first-order valence-electron chi connectivity index (χ1n) is 8.29. The Kier molecular flexibility index (Phi) is 6.64. The predicted octanol–water partition coefficient (Wildman–Crippen LogP) is 4.87. The Morgan fingerprint density at radius 2 is 1.62 bits per heavy atom. The third kappa shape index (κ3) is 5.00. The van der Waals surface area contributed by atoms with E-state index in [-0.39, 0.29) is 5.92 Å². The predicted molar refractivity (Wildman–Crippen MR) is 100 cm³/mol. The van der Waals surface area contributed by atoms with Crippen LogP contribution in [0.3, 0.4) is 0 Å². The standard InChI is InChI=1S/C21H26N2O/c1-4-19(14-16(2)23-24)17(3)22-15-18-10-12-21(13-11-18)20-8-6-5-7-9-20/h5-13,19,22-24H,2-4,14-15H2,1H3. The summed E-state index contributed by atoms with van der Waals surface area (Å²) in [7, 11) is 0. The Hall–Kier alpha value is -2.52. The second-order valence-corrected chi connectivity index (χ2v) is 5.97. The van der Waals surface area contributed by atoms with Gasteiger partial charge in [-0.1, -0.05) is 74.7 Å². The molecular weight excluding hydrogens is 296 g/mol. The van der Waals surface area contributed by atoms with Crippen molar-refractivity contribution < 1.29 is 5.21 Å². The number of hydrogen-bond acceptors (Lipinski definition) is 3. The minimum absolute atomic E-state index is 0.251. The highest BCUT2D eigenvalue weighted by Crippen LogP contribution is 2.21. The molecule has 0 aromatic heterocycles. The molecule has 1 unspecified atom stereocenters. The van der Waals surface area contributed by atoms with Gasteiger partial charge < -0.3 is 5.32 Å². The Labute approximate surface area is 144 Å². The van der Waals surface area contributed by atoms with E-state index in [4.69, 9.17) is 5.21 Å². The average Bonchev–Trinajstić information content (AvgIpc) is 2.65. The quantitative estimate of drug-likeness (QED) is 0.577. The normalized spacial score (nSPS) is 11.6. The highest BCUT2D eigenvalue weighted by atomic mass is 16.5. The lowest BCUT2D eigenvalue weighted by atomic mass is 9.97. The van der Waals surface area contributed by atoms with Crippen molar-refractivity contribution in [3.05, 3.63) is 84.7 Å². The van der Waals surface area contributed by atoms with Crippen LogP contribution in [0.1, 0.15) is 25.3 Å². The lowest BCUT2D eigenvalue weighted by Gasteiger charge is -2.20. The first kappa shape index (κ1) is 17.8. The second kappa shape index (κ2) is 8.94. The molecule has 2 rings (SSSR count). The summed E-state index contributed by atoms with van der Waals surface area (Å²) >= 11 is 0. The van der Waals surface area contributed by atoms with Crippen LogP contribution in [0.4, 0.5) is 0 Å². The minimum Gasteiger partial charge on any atom is -0.385 e. The van der Waals surface area contributed by atoms with Crippen molar-refractivity contribution in [3.8, 4) is 11.1 Å². The van der Waals surface area contributed by atoms with Crippen LogP contribution in [-0.2, 0) is 6.54 Å². The number of hydrogen-bond donors (Lipinski definition) is 3. The molecular formula is C21H26N2O. The van der Waals surface area contributed by atoms with Crippen LogP contribution in [0.2, 0.25) is 0 Å². The second-order valence-electron chi connectivity index (χ2n) is 5.97. The van der Waals surface area contributed by atoms with Gasteiger partial charge in [0.25, 0.3) is 0 Å². The van der Waals surface area contributed by atoms with Gasteiger partial charge in [0.05, 0.1) is 0 Å². The van der Waals surface area contributed by atoms with E-state index in [0.29, 0.717) is 12.1 Å². The van der Waals surface area contributed by atoms with Crippen molar-refractivity contribution in [2.45, 2.75) is 26.3 Å². The summed E-state index contributed by atoms with van der Waals surface area (Å²) in [6, 6.07) is 18.9. The van der Waals surface area contributed by atoms with E-state index in [9.17, 15) is 0 Å². The molecule has 2 aromatic rings. The van der Waals surface area contributed by atoms with Crippen LogP contribution in [0, 0.1) is 5.92 Å². The van der Waals surface area contributed by atoms with Gasteiger partial charge in [0.15, 0.2) is 0 Å². The van der Waals surface area contributed by atoms with E-state index in [1.165, 1.54) is 16.7 Å². The third-order valence-corrected chi connectivity index (χ3v) is 4.22. The highest BCUT2D eigenvalue weighted by Gasteiger charge is 2.12. The smallest absolute Gasteiger partial charge is 0.0397 e. The van der Waals surface area contributed by atoms with Crippen LogP contribution in [0.25, 0.3) is 11.1 Å². The molecule has 0 aliphatic heterocycles. The molecule has 0 saturated carbocycles. The van der Waals surface area contributed by atoms with Crippen molar-refractivity contribution in [1.29, 1.82) is 0 Å². The summed E-state index contributed by atoms with van der Waals surface area (Å²) in [5.41, 5.74) is 7.35. The molecule has 0 radical (unpaired) electrons. The van der Waals surface area contributed by atoms with Gasteiger partial charge in [-0.15, -0.1) is 0 Å². The molecule has 0 amide bonds. The molecule has 3 heteroatoms. The van der Waals surface area contributed by atoms with Gasteiger partial charge in [-0.3, -0.25) is 10.7 Å². The van der Waals surface area contributed by atoms with Gasteiger partial charge in [0.2, 0.25) is 0 Å². The number of rotatable bonds is 9. The molecule has 0 aliphatic carbocycles. The summed E-state index contributed by atoms with van der Waals surface area (Å²) in [5.74, 6) is 0.251. The van der Waals surface area contributed by atoms with Gasteiger partial charge >= 0.3 is 0 Å². The van der Waals surface area contributed by atoms with Gasteiger partial charge in [-0.2, -0.15) is 0 Å². The summed E-state index contributed by atoms with van der Waals surface area (Å²) in [6.07, 6.45) is 1.62. The molecule has 2 aromatic carbocycles. The van der Waals surface area contributed by atoms with E-state index >= 15 is 0 Å². The van der Waals surface area contributed by atoms with Crippen molar-refractivity contribution in [2.24, 2.45) is 5.92 Å². The maximum Gasteiger partial charge on any atom is 0.0397 e. The summed E-state index contributed by atoms with van der Waals surface area (Å²) in [6.45, 7) is 10.7. The van der Waals surface area contributed by atoms with Crippen LogP contribution in [0.15, 0.2) is 79.1 Å². The average molecular weight is 322 g/mol. The molecule has 24 heavy (non-hydrogen) atoms. The fourth-order valence-corrected chi connectivity index (χ4v) is 2.66. The Balaban J connectivity index is 1.92. The van der Waals surface area contributed by atoms with Gasteiger partial charge in [-0.05, 0) is 29.5 Å². The molecule has 0 heterocycles. The number of allylic oxidation sites excluding steroid dienone is 2. The molecule has 126 valence electrons. The van der Waals surface area contributed by atoms with Gasteiger partial charge in [-0.25, -0.2) is 0 Å². The first-order chi connectivity index (χ1) is 11.6. The lowest BCUT2D eigenvalue weighted by molar-refractivity contribution is 0.193. The van der Waals surface area contributed by atoms with Crippen molar-refractivity contribution in [1.82, 2.24) is 10.8 Å². The molecule has 0 bridgehead atoms. The summed E-state index contributed by atoms with van der Waals surface area (Å²) < 4.78 is 0. The van der Waals surface area contributed by atoms with E-state index in [0.717, 1.165) is 18.7 Å². The largest absolute Gasteiger partial charge is 0.385 e. The van der Waals surface area contributed by atoms with Crippen LogP contribution < -0.4 is 10.8 Å². The zero-order valence-electron chi connectivity index (χ0n) is 14.3. The molecule has 0 fully saturated rings. The Morgan fingerprint density at radius 1 is 1.00 bits per heavy atom. The van der Waals surface area contributed by atoms with E-state index in [1.807, 2.05) is 6.07 Å². The lowest BCUT2D eigenvalue weighted by Crippen LogP contribution is -2.21. The molecule has 0 aliphatic rings. The van der Waals surface area contributed by atoms with Crippen molar-refractivity contribution in [2.75, 3.05) is 0 Å². The van der Waals surface area contributed by atoms with Crippen molar-refractivity contribution >= 4 is 0 Å². The molecule has 0 saturated heterocycles. The van der Waals surface area contributed by atoms with E-state index < -0.39 is 0 Å². The van der Waals surface area contributed by atoms with Crippen LogP contribution >= 0.6 is 0 Å². The number of nitrogens with one attached hydrogen (secondary N) is 2. The number of benzene rings is 2. The van der Waals surface area contributed by atoms with Crippen molar-refractivity contribution in [3.63, 3.8) is 0 Å². The molecule has 0 spiro atoms. The summed E-state index contributed by atoms with van der Waals surface area (Å²) in [4.78, 5) is 0. The minimum atomic E-state index is 0.251. The maximum atomic E-state index is 8.89. The number of hydroxylamine groups is 1. The van der Waals surface area contributed by atoms with Gasteiger partial charge in [0.1, 0.15) is 0 Å². The van der Waals surface area contributed by atoms with Gasteiger partial charge in [0, 0.05) is 23.9 Å².